The van der Waals surface area contributed by atoms with Crippen LogP contribution in [0.25, 0.3) is 0 Å². The van der Waals surface area contributed by atoms with Crippen molar-refractivity contribution in [3.05, 3.63) is 24.3 Å². The first-order valence-electron chi connectivity index (χ1n) is 5.07. The summed E-state index contributed by atoms with van der Waals surface area (Å²) in [6.07, 6.45) is 0.637. The fourth-order valence-electron chi connectivity index (χ4n) is 1.11. The van der Waals surface area contributed by atoms with Crippen molar-refractivity contribution in [3.8, 4) is 5.75 Å². The molecule has 0 saturated carbocycles. The van der Waals surface area contributed by atoms with Crippen LogP contribution in [-0.2, 0) is 4.79 Å². The van der Waals surface area contributed by atoms with E-state index in [9.17, 15) is 4.79 Å². The van der Waals surface area contributed by atoms with E-state index in [1.165, 1.54) is 4.90 Å². The maximum Gasteiger partial charge on any atom is 0.130 e. The zero-order valence-corrected chi connectivity index (χ0v) is 9.97. The molecule has 1 aromatic carbocycles. The molecule has 0 heterocycles. The Labute approximate surface area is 95.0 Å². The minimum atomic E-state index is 0.244. The van der Waals surface area contributed by atoms with Crippen molar-refractivity contribution >= 4 is 17.5 Å². The van der Waals surface area contributed by atoms with Gasteiger partial charge in [-0.25, -0.2) is 0 Å². The maximum atomic E-state index is 10.7. The molecule has 0 radical (unpaired) electrons. The lowest BCUT2D eigenvalue weighted by atomic mass is 10.3. The maximum absolute atomic E-state index is 10.7. The van der Waals surface area contributed by atoms with Crippen LogP contribution in [0.2, 0.25) is 0 Å². The van der Waals surface area contributed by atoms with Crippen LogP contribution in [0.3, 0.4) is 0 Å². The van der Waals surface area contributed by atoms with Crippen molar-refractivity contribution in [3.63, 3.8) is 0 Å². The molecule has 0 fully saturated rings. The highest BCUT2D eigenvalue weighted by atomic mass is 32.2. The van der Waals surface area contributed by atoms with Gasteiger partial charge in [0.05, 0.1) is 6.61 Å². The van der Waals surface area contributed by atoms with Crippen LogP contribution in [0, 0.1) is 0 Å². The SMILES string of the molecule is CCOc1ccc(SCCC(C)=O)cc1. The number of thioether (sulfide) groups is 1. The van der Waals surface area contributed by atoms with Crippen molar-refractivity contribution in [2.24, 2.45) is 0 Å². The number of benzene rings is 1. The fraction of sp³-hybridized carbons (Fsp3) is 0.417. The van der Waals surface area contributed by atoms with E-state index < -0.39 is 0 Å². The van der Waals surface area contributed by atoms with E-state index in [-0.39, 0.29) is 5.78 Å². The molecule has 0 aliphatic carbocycles. The molecule has 3 heteroatoms. The first kappa shape index (κ1) is 12.1. The molecule has 0 N–H and O–H groups in total. The average Bonchev–Trinajstić information content (AvgIpc) is 2.20. The lowest BCUT2D eigenvalue weighted by Crippen LogP contribution is -1.92. The van der Waals surface area contributed by atoms with Crippen molar-refractivity contribution in [1.82, 2.24) is 0 Å². The lowest BCUT2D eigenvalue weighted by Gasteiger charge is -2.04. The molecule has 0 aliphatic rings. The van der Waals surface area contributed by atoms with E-state index in [0.717, 1.165) is 11.5 Å². The number of ether oxygens (including phenoxy) is 1. The Hall–Kier alpha value is -0.960. The summed E-state index contributed by atoms with van der Waals surface area (Å²) in [6.45, 7) is 4.28. The van der Waals surface area contributed by atoms with E-state index >= 15 is 0 Å². The zero-order valence-electron chi connectivity index (χ0n) is 9.16. The van der Waals surface area contributed by atoms with Gasteiger partial charge in [-0.05, 0) is 38.1 Å². The van der Waals surface area contributed by atoms with Gasteiger partial charge in [-0.2, -0.15) is 0 Å². The highest BCUT2D eigenvalue weighted by Crippen LogP contribution is 2.21. The van der Waals surface area contributed by atoms with Gasteiger partial charge in [0.15, 0.2) is 0 Å². The Morgan fingerprint density at radius 3 is 2.53 bits per heavy atom. The van der Waals surface area contributed by atoms with Crippen LogP contribution < -0.4 is 4.74 Å². The van der Waals surface area contributed by atoms with Gasteiger partial charge in [-0.3, -0.25) is 4.79 Å². The second-order valence-electron chi connectivity index (χ2n) is 3.20. The molecular weight excluding hydrogens is 208 g/mol. The molecule has 0 saturated heterocycles. The molecule has 82 valence electrons. The summed E-state index contributed by atoms with van der Waals surface area (Å²) in [7, 11) is 0. The third-order valence-electron chi connectivity index (χ3n) is 1.86. The van der Waals surface area contributed by atoms with E-state index in [1.54, 1.807) is 18.7 Å². The molecule has 1 aromatic rings. The highest BCUT2D eigenvalue weighted by Gasteiger charge is 1.97. The predicted octanol–water partition coefficient (Wildman–Crippen LogP) is 3.16. The molecule has 0 spiro atoms. The van der Waals surface area contributed by atoms with Crippen LogP contribution in [0.1, 0.15) is 20.3 Å². The van der Waals surface area contributed by atoms with Gasteiger partial charge in [-0.1, -0.05) is 0 Å². The van der Waals surface area contributed by atoms with Crippen molar-refractivity contribution < 1.29 is 9.53 Å². The largest absolute Gasteiger partial charge is 0.494 e. The Balaban J connectivity index is 2.39. The number of hydrogen-bond donors (Lipinski definition) is 0. The first-order valence-corrected chi connectivity index (χ1v) is 6.06. The van der Waals surface area contributed by atoms with Crippen molar-refractivity contribution in [2.75, 3.05) is 12.4 Å². The summed E-state index contributed by atoms with van der Waals surface area (Å²) in [5.74, 6) is 1.99. The van der Waals surface area contributed by atoms with Gasteiger partial charge in [0, 0.05) is 17.1 Å². The third kappa shape index (κ3) is 4.88. The molecule has 0 aliphatic heterocycles. The second kappa shape index (κ2) is 6.51. The molecule has 0 aromatic heterocycles. The smallest absolute Gasteiger partial charge is 0.130 e. The summed E-state index contributed by atoms with van der Waals surface area (Å²) in [5.41, 5.74) is 0. The molecule has 2 nitrogen and oxygen atoms in total. The second-order valence-corrected chi connectivity index (χ2v) is 4.37. The normalized spacial score (nSPS) is 10.0. The monoisotopic (exact) mass is 224 g/mol. The molecule has 15 heavy (non-hydrogen) atoms. The lowest BCUT2D eigenvalue weighted by molar-refractivity contribution is -0.116. The summed E-state index contributed by atoms with van der Waals surface area (Å²) in [5, 5.41) is 0. The topological polar surface area (TPSA) is 26.3 Å². The Kier molecular flexibility index (Phi) is 5.26. The van der Waals surface area contributed by atoms with Crippen LogP contribution in [0.5, 0.6) is 5.75 Å². The van der Waals surface area contributed by atoms with Gasteiger partial charge < -0.3 is 4.74 Å². The van der Waals surface area contributed by atoms with Gasteiger partial charge in [0.2, 0.25) is 0 Å². The van der Waals surface area contributed by atoms with Crippen LogP contribution in [0.4, 0.5) is 0 Å². The number of carbonyl (C=O) groups excluding carboxylic acids is 1. The molecule has 1 rings (SSSR count). The fourth-order valence-corrected chi connectivity index (χ4v) is 2.07. The molecule has 0 amide bonds. The quantitative estimate of drug-likeness (QED) is 0.694. The van der Waals surface area contributed by atoms with Gasteiger partial charge in [-0.15, -0.1) is 11.8 Å². The van der Waals surface area contributed by atoms with Crippen LogP contribution in [0.15, 0.2) is 29.2 Å². The standard InChI is InChI=1S/C12H16O2S/c1-3-14-11-4-6-12(7-5-11)15-9-8-10(2)13/h4-7H,3,8-9H2,1-2H3. The molecule has 0 unspecified atom stereocenters. The number of hydrogen-bond acceptors (Lipinski definition) is 3. The minimum absolute atomic E-state index is 0.244. The number of Topliss-reactive ketones (excluding diaryl/α,β-unsaturated/α-hetero) is 1. The molecule has 0 atom stereocenters. The van der Waals surface area contributed by atoms with Gasteiger partial charge in [0.1, 0.15) is 11.5 Å². The van der Waals surface area contributed by atoms with Crippen molar-refractivity contribution in [1.29, 1.82) is 0 Å². The first-order chi connectivity index (χ1) is 7.22. The number of rotatable bonds is 6. The van der Waals surface area contributed by atoms with Crippen LogP contribution >= 0.6 is 11.8 Å². The average molecular weight is 224 g/mol. The van der Waals surface area contributed by atoms with E-state index in [2.05, 4.69) is 0 Å². The summed E-state index contributed by atoms with van der Waals surface area (Å²) in [4.78, 5) is 11.9. The molecule has 0 bridgehead atoms. The highest BCUT2D eigenvalue weighted by molar-refractivity contribution is 7.99. The van der Waals surface area contributed by atoms with E-state index in [1.807, 2.05) is 31.2 Å². The zero-order chi connectivity index (χ0) is 11.1. The predicted molar refractivity (Wildman–Crippen MR) is 63.6 cm³/mol. The minimum Gasteiger partial charge on any atom is -0.494 e. The van der Waals surface area contributed by atoms with Crippen LogP contribution in [-0.4, -0.2) is 18.1 Å². The summed E-state index contributed by atoms with van der Waals surface area (Å²) in [6, 6.07) is 7.96. The third-order valence-corrected chi connectivity index (χ3v) is 2.87. The van der Waals surface area contributed by atoms with Gasteiger partial charge in [0.25, 0.3) is 0 Å². The number of carbonyl (C=O) groups is 1. The summed E-state index contributed by atoms with van der Waals surface area (Å²) < 4.78 is 5.34. The summed E-state index contributed by atoms with van der Waals surface area (Å²) >= 11 is 1.70. The Bertz CT molecular complexity index is 306. The molecular formula is C12H16O2S. The Morgan fingerprint density at radius 1 is 1.33 bits per heavy atom. The van der Waals surface area contributed by atoms with E-state index in [0.29, 0.717) is 13.0 Å². The number of ketones is 1. The van der Waals surface area contributed by atoms with Crippen molar-refractivity contribution in [2.45, 2.75) is 25.2 Å². The Morgan fingerprint density at radius 2 is 2.00 bits per heavy atom. The van der Waals surface area contributed by atoms with E-state index in [4.69, 9.17) is 4.74 Å². The van der Waals surface area contributed by atoms with Gasteiger partial charge >= 0.3 is 0 Å².